The fourth-order valence-electron chi connectivity index (χ4n) is 3.15. The molecule has 0 radical (unpaired) electrons. The van der Waals surface area contributed by atoms with E-state index in [9.17, 15) is 14.8 Å². The zero-order valence-electron chi connectivity index (χ0n) is 16.6. The number of anilines is 2. The van der Waals surface area contributed by atoms with Crippen molar-refractivity contribution in [3.63, 3.8) is 0 Å². The van der Waals surface area contributed by atoms with Gasteiger partial charge in [0.1, 0.15) is 6.61 Å². The molecule has 7 nitrogen and oxygen atoms in total. The van der Waals surface area contributed by atoms with Gasteiger partial charge in [-0.2, -0.15) is 4.73 Å². The van der Waals surface area contributed by atoms with E-state index >= 15 is 0 Å². The number of hydrogen-bond acceptors (Lipinski definition) is 6. The molecule has 8 heteroatoms. The van der Waals surface area contributed by atoms with Crippen LogP contribution >= 0.6 is 11.3 Å². The highest BCUT2D eigenvalue weighted by molar-refractivity contribution is 7.14. The summed E-state index contributed by atoms with van der Waals surface area (Å²) in [5.41, 5.74) is 4.74. The maximum atomic E-state index is 12.4. The van der Waals surface area contributed by atoms with Crippen molar-refractivity contribution in [3.8, 4) is 0 Å². The van der Waals surface area contributed by atoms with Crippen molar-refractivity contribution < 1.29 is 19.1 Å². The Morgan fingerprint density at radius 3 is 2.38 bits per heavy atom. The van der Waals surface area contributed by atoms with E-state index in [0.29, 0.717) is 15.6 Å². The third kappa shape index (κ3) is 4.60. The van der Waals surface area contributed by atoms with Gasteiger partial charge in [0, 0.05) is 24.4 Å². The molecule has 0 saturated carbocycles. The number of nitrogens with zero attached hydrogens (tertiary/aromatic N) is 3. The number of aryl methyl sites for hydroxylation is 3. The van der Waals surface area contributed by atoms with Gasteiger partial charge in [0.05, 0.1) is 16.9 Å². The summed E-state index contributed by atoms with van der Waals surface area (Å²) in [6.45, 7) is 7.41. The molecule has 29 heavy (non-hydrogen) atoms. The zero-order chi connectivity index (χ0) is 21.1. The molecule has 0 N–H and O–H groups in total. The number of ether oxygens (including phenoxy) is 1. The summed E-state index contributed by atoms with van der Waals surface area (Å²) >= 11 is 1.31. The molecule has 0 saturated heterocycles. The number of carbonyl (C=O) groups is 2. The van der Waals surface area contributed by atoms with Crippen LogP contribution in [0.15, 0.2) is 42.0 Å². The van der Waals surface area contributed by atoms with Gasteiger partial charge < -0.3 is 9.94 Å². The normalized spacial score (nSPS) is 10.6. The number of benzene rings is 1. The standard InChI is InChI=1S/C21H21N3O4S/c1-13-9-14(2)19(15(3)10-13)24(16(4)25)21-22-18(12-29-21)11-28-20(26)17-5-7-23(27)8-6-17/h5-10,12H,11H2,1-4H3. The fourth-order valence-corrected chi connectivity index (χ4v) is 4.01. The predicted octanol–water partition coefficient (Wildman–Crippen LogP) is 3.74. The molecule has 0 aliphatic carbocycles. The molecule has 1 amide bonds. The molecule has 3 rings (SSSR count). The van der Waals surface area contributed by atoms with E-state index in [0.717, 1.165) is 22.4 Å². The number of thiazole rings is 1. The van der Waals surface area contributed by atoms with Gasteiger partial charge in [-0.3, -0.25) is 9.69 Å². The molecule has 2 aromatic heterocycles. The van der Waals surface area contributed by atoms with Crippen LogP contribution in [-0.2, 0) is 16.1 Å². The Labute approximate surface area is 172 Å². The van der Waals surface area contributed by atoms with Crippen LogP contribution in [0.3, 0.4) is 0 Å². The molecule has 150 valence electrons. The van der Waals surface area contributed by atoms with Gasteiger partial charge in [-0.05, 0) is 31.9 Å². The largest absolute Gasteiger partial charge is 0.619 e. The third-order valence-corrected chi connectivity index (χ3v) is 5.17. The van der Waals surface area contributed by atoms with Crippen LogP contribution in [0.25, 0.3) is 0 Å². The lowest BCUT2D eigenvalue weighted by atomic mass is 10.0. The predicted molar refractivity (Wildman–Crippen MR) is 110 cm³/mol. The molecule has 0 aliphatic rings. The van der Waals surface area contributed by atoms with Crippen LogP contribution < -0.4 is 9.63 Å². The van der Waals surface area contributed by atoms with Crippen molar-refractivity contribution in [1.29, 1.82) is 0 Å². The minimum Gasteiger partial charge on any atom is -0.619 e. The summed E-state index contributed by atoms with van der Waals surface area (Å²) in [5.74, 6) is -0.693. The van der Waals surface area contributed by atoms with E-state index < -0.39 is 5.97 Å². The molecule has 0 aliphatic heterocycles. The molecule has 0 unspecified atom stereocenters. The van der Waals surface area contributed by atoms with Crippen molar-refractivity contribution in [1.82, 2.24) is 4.98 Å². The smallest absolute Gasteiger partial charge is 0.338 e. The second kappa shape index (κ2) is 8.40. The SMILES string of the molecule is CC(=O)N(c1nc(COC(=O)c2cc[n+]([O-])cc2)cs1)c1c(C)cc(C)cc1C. The molecule has 0 atom stereocenters. The Balaban J connectivity index is 1.79. The highest BCUT2D eigenvalue weighted by Gasteiger charge is 2.22. The first-order valence-electron chi connectivity index (χ1n) is 8.95. The second-order valence-corrected chi connectivity index (χ2v) is 7.58. The lowest BCUT2D eigenvalue weighted by molar-refractivity contribution is -0.605. The maximum Gasteiger partial charge on any atom is 0.338 e. The number of rotatable bonds is 5. The zero-order valence-corrected chi connectivity index (χ0v) is 17.4. The van der Waals surface area contributed by atoms with Crippen LogP contribution in [0.2, 0.25) is 0 Å². The van der Waals surface area contributed by atoms with Gasteiger partial charge in [-0.25, -0.2) is 9.78 Å². The fraction of sp³-hybridized carbons (Fsp3) is 0.238. The van der Waals surface area contributed by atoms with E-state index in [1.54, 1.807) is 10.3 Å². The van der Waals surface area contributed by atoms with Gasteiger partial charge in [0.2, 0.25) is 5.91 Å². The summed E-state index contributed by atoms with van der Waals surface area (Å²) in [6.07, 6.45) is 2.46. The second-order valence-electron chi connectivity index (χ2n) is 6.75. The van der Waals surface area contributed by atoms with Gasteiger partial charge in [-0.15, -0.1) is 11.3 Å². The highest BCUT2D eigenvalue weighted by Crippen LogP contribution is 2.34. The first-order valence-corrected chi connectivity index (χ1v) is 9.83. The van der Waals surface area contributed by atoms with E-state index in [1.165, 1.54) is 42.8 Å². The van der Waals surface area contributed by atoms with Crippen LogP contribution in [0.4, 0.5) is 10.8 Å². The van der Waals surface area contributed by atoms with E-state index in [1.807, 2.05) is 32.9 Å². The van der Waals surface area contributed by atoms with Crippen molar-refractivity contribution in [2.45, 2.75) is 34.3 Å². The number of amides is 1. The Morgan fingerprint density at radius 2 is 1.79 bits per heavy atom. The maximum absolute atomic E-state index is 12.4. The minimum absolute atomic E-state index is 0.0286. The van der Waals surface area contributed by atoms with Crippen molar-refractivity contribution in [3.05, 3.63) is 75.2 Å². The Bertz CT molecular complexity index is 1040. The summed E-state index contributed by atoms with van der Waals surface area (Å²) < 4.78 is 5.86. The van der Waals surface area contributed by atoms with Gasteiger partial charge in [0.25, 0.3) is 0 Å². The summed E-state index contributed by atoms with van der Waals surface area (Å²) in [5, 5.41) is 13.3. The molecule has 1 aromatic carbocycles. The minimum atomic E-state index is -0.547. The first-order chi connectivity index (χ1) is 13.8. The lowest BCUT2D eigenvalue weighted by Gasteiger charge is -2.23. The summed E-state index contributed by atoms with van der Waals surface area (Å²) in [7, 11) is 0. The number of hydrogen-bond donors (Lipinski definition) is 0. The van der Waals surface area contributed by atoms with Crippen molar-refractivity contribution in [2.24, 2.45) is 0 Å². The lowest BCUT2D eigenvalue weighted by Crippen LogP contribution is -2.24. The number of esters is 1. The summed E-state index contributed by atoms with van der Waals surface area (Å²) in [4.78, 5) is 30.6. The van der Waals surface area contributed by atoms with Crippen LogP contribution in [0, 0.1) is 26.0 Å². The third-order valence-electron chi connectivity index (χ3n) is 4.29. The van der Waals surface area contributed by atoms with E-state index in [4.69, 9.17) is 4.74 Å². The van der Waals surface area contributed by atoms with Gasteiger partial charge >= 0.3 is 5.97 Å². The topological polar surface area (TPSA) is 86.4 Å². The molecule has 0 fully saturated rings. The molecule has 2 heterocycles. The first kappa shape index (κ1) is 20.5. The molecule has 0 spiro atoms. The molecular weight excluding hydrogens is 390 g/mol. The number of aromatic nitrogens is 2. The molecule has 0 bridgehead atoms. The van der Waals surface area contributed by atoms with E-state index in [2.05, 4.69) is 4.98 Å². The van der Waals surface area contributed by atoms with Crippen LogP contribution in [0.1, 0.15) is 39.7 Å². The number of pyridine rings is 1. The quantitative estimate of drug-likeness (QED) is 0.363. The summed E-state index contributed by atoms with van der Waals surface area (Å²) in [6, 6.07) is 6.84. The van der Waals surface area contributed by atoms with Crippen molar-refractivity contribution >= 4 is 34.0 Å². The van der Waals surface area contributed by atoms with E-state index in [-0.39, 0.29) is 18.1 Å². The van der Waals surface area contributed by atoms with Gasteiger partial charge in [0.15, 0.2) is 17.5 Å². The number of carbonyl (C=O) groups excluding carboxylic acids is 2. The molecular formula is C21H21N3O4S. The van der Waals surface area contributed by atoms with Gasteiger partial charge in [-0.1, -0.05) is 17.7 Å². The van der Waals surface area contributed by atoms with Crippen LogP contribution in [-0.4, -0.2) is 16.9 Å². The van der Waals surface area contributed by atoms with Crippen molar-refractivity contribution in [2.75, 3.05) is 4.90 Å². The average molecular weight is 411 g/mol. The van der Waals surface area contributed by atoms with Crippen LogP contribution in [0.5, 0.6) is 0 Å². The monoisotopic (exact) mass is 411 g/mol. The molecule has 3 aromatic rings. The Morgan fingerprint density at radius 1 is 1.17 bits per heavy atom. The average Bonchev–Trinajstić information content (AvgIpc) is 3.11. The Kier molecular flexibility index (Phi) is 5.93. The highest BCUT2D eigenvalue weighted by atomic mass is 32.1. The Hall–Kier alpha value is -3.26.